The summed E-state index contributed by atoms with van der Waals surface area (Å²) >= 11 is 0. The first-order chi connectivity index (χ1) is 7.13. The van der Waals surface area contributed by atoms with E-state index in [2.05, 4.69) is 5.32 Å². The van der Waals surface area contributed by atoms with Gasteiger partial charge >= 0.3 is 0 Å². The van der Waals surface area contributed by atoms with Crippen molar-refractivity contribution >= 4 is 0 Å². The van der Waals surface area contributed by atoms with Gasteiger partial charge in [-0.1, -0.05) is 12.1 Å². The van der Waals surface area contributed by atoms with Crippen LogP contribution in [0.15, 0.2) is 24.3 Å². The Hall–Kier alpha value is -1.16. The van der Waals surface area contributed by atoms with Crippen LogP contribution in [0.2, 0.25) is 0 Å². The number of benzene rings is 1. The van der Waals surface area contributed by atoms with Crippen molar-refractivity contribution in [1.82, 2.24) is 5.32 Å². The van der Waals surface area contributed by atoms with E-state index in [0.29, 0.717) is 0 Å². The van der Waals surface area contributed by atoms with Crippen LogP contribution < -0.4 is 10.1 Å². The van der Waals surface area contributed by atoms with E-state index in [4.69, 9.17) is 4.74 Å². The second-order valence-electron chi connectivity index (χ2n) is 3.29. The van der Waals surface area contributed by atoms with Gasteiger partial charge in [0.05, 0.1) is 13.7 Å². The molecule has 0 radical (unpaired) electrons. The summed E-state index contributed by atoms with van der Waals surface area (Å²) in [7, 11) is 1.59. The summed E-state index contributed by atoms with van der Waals surface area (Å²) in [4.78, 5) is 0. The van der Waals surface area contributed by atoms with Gasteiger partial charge < -0.3 is 10.1 Å². The molecule has 0 aliphatic rings. The number of hydrogen-bond acceptors (Lipinski definition) is 2. The van der Waals surface area contributed by atoms with Gasteiger partial charge in [-0.3, -0.25) is 0 Å². The molecule has 0 fully saturated rings. The highest BCUT2D eigenvalue weighted by Crippen LogP contribution is 2.17. The topological polar surface area (TPSA) is 21.3 Å². The van der Waals surface area contributed by atoms with Gasteiger partial charge in [-0.2, -0.15) is 0 Å². The first-order valence-electron chi connectivity index (χ1n) is 4.79. The average molecular weight is 215 g/mol. The highest BCUT2D eigenvalue weighted by molar-refractivity contribution is 5.28. The zero-order chi connectivity index (χ0) is 11.3. The second-order valence-corrected chi connectivity index (χ2v) is 3.29. The van der Waals surface area contributed by atoms with Gasteiger partial charge in [0.1, 0.15) is 5.75 Å². The molecular formula is C11H15F2NO. The summed E-state index contributed by atoms with van der Waals surface area (Å²) in [5.74, 6) is 0.764. The molecule has 0 spiro atoms. The zero-order valence-corrected chi connectivity index (χ0v) is 8.84. The average Bonchev–Trinajstić information content (AvgIpc) is 2.26. The van der Waals surface area contributed by atoms with E-state index >= 15 is 0 Å². The molecule has 1 aromatic carbocycles. The summed E-state index contributed by atoms with van der Waals surface area (Å²) in [6, 6.07) is 7.28. The van der Waals surface area contributed by atoms with Crippen LogP contribution >= 0.6 is 0 Å². The van der Waals surface area contributed by atoms with Gasteiger partial charge in [0.15, 0.2) is 0 Å². The molecule has 0 aliphatic heterocycles. The fraction of sp³-hybridized carbons (Fsp3) is 0.455. The van der Waals surface area contributed by atoms with Crippen molar-refractivity contribution in [2.75, 3.05) is 13.7 Å². The Morgan fingerprint density at radius 2 is 1.87 bits per heavy atom. The Morgan fingerprint density at radius 1 is 1.27 bits per heavy atom. The number of rotatable bonds is 5. The highest BCUT2D eigenvalue weighted by atomic mass is 19.3. The largest absolute Gasteiger partial charge is 0.497 e. The summed E-state index contributed by atoms with van der Waals surface area (Å²) in [6.07, 6.45) is -2.31. The highest BCUT2D eigenvalue weighted by Gasteiger charge is 2.08. The maximum absolute atomic E-state index is 11.9. The van der Waals surface area contributed by atoms with Gasteiger partial charge in [0.2, 0.25) is 0 Å². The van der Waals surface area contributed by atoms with Crippen molar-refractivity contribution in [2.24, 2.45) is 0 Å². The van der Waals surface area contributed by atoms with Crippen molar-refractivity contribution in [1.29, 1.82) is 0 Å². The minimum Gasteiger partial charge on any atom is -0.497 e. The van der Waals surface area contributed by atoms with Crippen molar-refractivity contribution in [3.63, 3.8) is 0 Å². The van der Waals surface area contributed by atoms with E-state index < -0.39 is 6.43 Å². The van der Waals surface area contributed by atoms with Gasteiger partial charge in [-0.05, 0) is 24.6 Å². The third kappa shape index (κ3) is 3.83. The fourth-order valence-electron chi connectivity index (χ4n) is 1.28. The Labute approximate surface area is 88.3 Å². The summed E-state index contributed by atoms with van der Waals surface area (Å²) in [5, 5.41) is 2.74. The Bertz CT molecular complexity index is 287. The lowest BCUT2D eigenvalue weighted by atomic mass is 10.1. The van der Waals surface area contributed by atoms with Crippen LogP contribution in [0.3, 0.4) is 0 Å². The van der Waals surface area contributed by atoms with Crippen LogP contribution in [0.4, 0.5) is 8.78 Å². The molecule has 84 valence electrons. The number of halogens is 2. The lowest BCUT2D eigenvalue weighted by molar-refractivity contribution is 0.142. The van der Waals surface area contributed by atoms with E-state index in [1.807, 2.05) is 31.2 Å². The van der Waals surface area contributed by atoms with E-state index in [0.717, 1.165) is 11.3 Å². The SMILES string of the molecule is COc1ccc(C(C)NCC(F)F)cc1. The quantitative estimate of drug-likeness (QED) is 0.815. The number of alkyl halides is 2. The molecule has 1 aromatic rings. The molecule has 0 aromatic heterocycles. The minimum absolute atomic E-state index is 0.0788. The fourth-order valence-corrected chi connectivity index (χ4v) is 1.28. The first-order valence-corrected chi connectivity index (χ1v) is 4.79. The Balaban J connectivity index is 2.54. The molecule has 0 saturated heterocycles. The summed E-state index contributed by atoms with van der Waals surface area (Å²) in [6.45, 7) is 1.57. The summed E-state index contributed by atoms with van der Waals surface area (Å²) in [5.41, 5.74) is 0.969. The maximum atomic E-state index is 11.9. The van der Waals surface area contributed by atoms with E-state index in [1.165, 1.54) is 0 Å². The summed E-state index contributed by atoms with van der Waals surface area (Å²) < 4.78 is 28.9. The molecule has 0 heterocycles. The van der Waals surface area contributed by atoms with Crippen LogP contribution in [0.25, 0.3) is 0 Å². The second kappa shape index (κ2) is 5.66. The lowest BCUT2D eigenvalue weighted by Crippen LogP contribution is -2.24. The maximum Gasteiger partial charge on any atom is 0.250 e. The molecule has 1 N–H and O–H groups in total. The van der Waals surface area contributed by atoms with Gasteiger partial charge in [-0.15, -0.1) is 0 Å². The third-order valence-electron chi connectivity index (χ3n) is 2.19. The molecule has 15 heavy (non-hydrogen) atoms. The zero-order valence-electron chi connectivity index (χ0n) is 8.84. The molecule has 0 bridgehead atoms. The monoisotopic (exact) mass is 215 g/mol. The molecular weight excluding hydrogens is 200 g/mol. The van der Waals surface area contributed by atoms with Crippen LogP contribution in [0, 0.1) is 0 Å². The third-order valence-corrected chi connectivity index (χ3v) is 2.19. The van der Waals surface area contributed by atoms with Gasteiger partial charge in [0, 0.05) is 6.04 Å². The molecule has 4 heteroatoms. The van der Waals surface area contributed by atoms with Crippen LogP contribution in [-0.4, -0.2) is 20.1 Å². The van der Waals surface area contributed by atoms with Crippen molar-refractivity contribution in [3.8, 4) is 5.75 Å². The molecule has 1 unspecified atom stereocenters. The van der Waals surface area contributed by atoms with Crippen LogP contribution in [0.1, 0.15) is 18.5 Å². The van der Waals surface area contributed by atoms with Crippen LogP contribution in [0.5, 0.6) is 5.75 Å². The number of methoxy groups -OCH3 is 1. The molecule has 0 saturated carbocycles. The van der Waals surface area contributed by atoms with Crippen LogP contribution in [-0.2, 0) is 0 Å². The minimum atomic E-state index is -2.31. The van der Waals surface area contributed by atoms with Crippen molar-refractivity contribution in [3.05, 3.63) is 29.8 Å². The normalized spacial score (nSPS) is 12.9. The number of hydrogen-bond donors (Lipinski definition) is 1. The number of ether oxygens (including phenoxy) is 1. The molecule has 0 aliphatic carbocycles. The van der Waals surface area contributed by atoms with E-state index in [1.54, 1.807) is 7.11 Å². The Kier molecular flexibility index (Phi) is 4.49. The van der Waals surface area contributed by atoms with E-state index in [-0.39, 0.29) is 12.6 Å². The standard InChI is InChI=1S/C11H15F2NO/c1-8(14-7-11(12)13)9-3-5-10(15-2)6-4-9/h3-6,8,11,14H,7H2,1-2H3. The molecule has 1 atom stereocenters. The van der Waals surface area contributed by atoms with E-state index in [9.17, 15) is 8.78 Å². The molecule has 0 amide bonds. The van der Waals surface area contributed by atoms with Crippen molar-refractivity contribution in [2.45, 2.75) is 19.4 Å². The smallest absolute Gasteiger partial charge is 0.250 e. The molecule has 1 rings (SSSR count). The number of nitrogens with one attached hydrogen (secondary N) is 1. The first kappa shape index (κ1) is 11.9. The predicted octanol–water partition coefficient (Wildman–Crippen LogP) is 2.61. The lowest BCUT2D eigenvalue weighted by Gasteiger charge is -2.14. The van der Waals surface area contributed by atoms with Gasteiger partial charge in [-0.25, -0.2) is 8.78 Å². The van der Waals surface area contributed by atoms with Gasteiger partial charge in [0.25, 0.3) is 6.43 Å². The predicted molar refractivity (Wildman–Crippen MR) is 55.4 cm³/mol. The van der Waals surface area contributed by atoms with Crippen molar-refractivity contribution < 1.29 is 13.5 Å². The Morgan fingerprint density at radius 3 is 2.33 bits per heavy atom. The molecule has 2 nitrogen and oxygen atoms in total.